The second-order valence-corrected chi connectivity index (χ2v) is 5.09. The fourth-order valence-electron chi connectivity index (χ4n) is 1.74. The molecule has 17 heavy (non-hydrogen) atoms. The van der Waals surface area contributed by atoms with Crippen molar-refractivity contribution in [3.05, 3.63) is 22.7 Å². The topological polar surface area (TPSA) is 53.1 Å². The number of nitrogens with two attached hydrogens (primary N) is 1. The summed E-state index contributed by atoms with van der Waals surface area (Å²) in [5.41, 5.74) is 7.85. The Morgan fingerprint density at radius 3 is 2.94 bits per heavy atom. The van der Waals surface area contributed by atoms with Gasteiger partial charge in [0.05, 0.1) is 23.7 Å². The first-order chi connectivity index (χ1) is 8.08. The molecule has 1 heterocycles. The highest BCUT2D eigenvalue weighted by Gasteiger charge is 2.08. The van der Waals surface area contributed by atoms with Crippen LogP contribution in [0.15, 0.2) is 22.7 Å². The van der Waals surface area contributed by atoms with Crippen LogP contribution in [-0.4, -0.2) is 22.3 Å². The van der Waals surface area contributed by atoms with Crippen LogP contribution in [0.3, 0.4) is 0 Å². The van der Waals surface area contributed by atoms with Gasteiger partial charge in [0, 0.05) is 11.0 Å². The molecule has 2 rings (SSSR count). The highest BCUT2D eigenvalue weighted by atomic mass is 79.9. The minimum absolute atomic E-state index is 0.236. The fourth-order valence-corrected chi connectivity index (χ4v) is 2.09. The van der Waals surface area contributed by atoms with Crippen LogP contribution < -0.4 is 5.73 Å². The molecule has 1 aromatic carbocycles. The largest absolute Gasteiger partial charge is 0.377 e. The van der Waals surface area contributed by atoms with E-state index in [0.29, 0.717) is 12.6 Å². The number of nitrogens with zero attached hydrogens (tertiary/aromatic N) is 2. The van der Waals surface area contributed by atoms with Crippen LogP contribution in [-0.2, 0) is 11.3 Å². The summed E-state index contributed by atoms with van der Waals surface area (Å²) in [4.78, 5) is 4.33. The number of imidazole rings is 1. The summed E-state index contributed by atoms with van der Waals surface area (Å²) < 4.78 is 8.51. The van der Waals surface area contributed by atoms with E-state index in [1.807, 2.05) is 36.6 Å². The first-order valence-electron chi connectivity index (χ1n) is 5.61. The lowest BCUT2D eigenvalue weighted by atomic mass is 10.3. The van der Waals surface area contributed by atoms with Crippen molar-refractivity contribution in [2.75, 3.05) is 12.3 Å². The lowest BCUT2D eigenvalue weighted by Gasteiger charge is -2.09. The normalized spacial score (nSPS) is 11.5. The van der Waals surface area contributed by atoms with Gasteiger partial charge in [-0.05, 0) is 32.0 Å². The summed E-state index contributed by atoms with van der Waals surface area (Å²) in [7, 11) is 0. The molecule has 0 saturated carbocycles. The lowest BCUT2D eigenvalue weighted by Crippen LogP contribution is -2.12. The molecule has 5 heteroatoms. The van der Waals surface area contributed by atoms with Crippen LogP contribution in [0, 0.1) is 0 Å². The Hall–Kier alpha value is -1.07. The Kier molecular flexibility index (Phi) is 3.69. The Bertz CT molecular complexity index is 522. The van der Waals surface area contributed by atoms with E-state index >= 15 is 0 Å². The van der Waals surface area contributed by atoms with Gasteiger partial charge in [-0.3, -0.25) is 0 Å². The van der Waals surface area contributed by atoms with Crippen molar-refractivity contribution in [3.63, 3.8) is 0 Å². The monoisotopic (exact) mass is 297 g/mol. The molecule has 0 fully saturated rings. The average molecular weight is 298 g/mol. The molecule has 0 atom stereocenters. The molecular weight excluding hydrogens is 282 g/mol. The standard InChI is InChI=1S/C12H16BrN3O/c1-8(2)17-6-5-16-11-4-3-9(13)7-10(11)15-12(16)14/h3-4,7-8H,5-6H2,1-2H3,(H2,14,15). The van der Waals surface area contributed by atoms with Crippen LogP contribution in [0.2, 0.25) is 0 Å². The number of halogens is 1. The highest BCUT2D eigenvalue weighted by molar-refractivity contribution is 9.10. The van der Waals surface area contributed by atoms with E-state index in [1.165, 1.54) is 0 Å². The first-order valence-corrected chi connectivity index (χ1v) is 6.40. The van der Waals surface area contributed by atoms with Gasteiger partial charge >= 0.3 is 0 Å². The van der Waals surface area contributed by atoms with E-state index < -0.39 is 0 Å². The van der Waals surface area contributed by atoms with Crippen molar-refractivity contribution in [1.82, 2.24) is 9.55 Å². The molecule has 0 spiro atoms. The Balaban J connectivity index is 2.24. The molecule has 0 aliphatic heterocycles. The maximum atomic E-state index is 5.90. The van der Waals surface area contributed by atoms with E-state index in [1.54, 1.807) is 0 Å². The molecule has 0 radical (unpaired) electrons. The van der Waals surface area contributed by atoms with E-state index in [4.69, 9.17) is 10.5 Å². The summed E-state index contributed by atoms with van der Waals surface area (Å²) in [5, 5.41) is 0. The fraction of sp³-hybridized carbons (Fsp3) is 0.417. The first kappa shape index (κ1) is 12.4. The second kappa shape index (κ2) is 5.06. The summed E-state index contributed by atoms with van der Waals surface area (Å²) in [5.74, 6) is 0.533. The van der Waals surface area contributed by atoms with Gasteiger partial charge in [-0.2, -0.15) is 0 Å². The number of nitrogen functional groups attached to an aromatic ring is 1. The number of benzene rings is 1. The van der Waals surface area contributed by atoms with E-state index in [-0.39, 0.29) is 6.10 Å². The van der Waals surface area contributed by atoms with Gasteiger partial charge in [0.2, 0.25) is 5.95 Å². The zero-order valence-corrected chi connectivity index (χ0v) is 11.6. The summed E-state index contributed by atoms with van der Waals surface area (Å²) >= 11 is 3.42. The lowest BCUT2D eigenvalue weighted by molar-refractivity contribution is 0.0735. The maximum Gasteiger partial charge on any atom is 0.201 e. The van der Waals surface area contributed by atoms with Crippen molar-refractivity contribution < 1.29 is 4.74 Å². The van der Waals surface area contributed by atoms with Gasteiger partial charge in [-0.15, -0.1) is 0 Å². The third-order valence-electron chi connectivity index (χ3n) is 2.51. The van der Waals surface area contributed by atoms with Crippen molar-refractivity contribution in [1.29, 1.82) is 0 Å². The van der Waals surface area contributed by atoms with E-state index in [9.17, 15) is 0 Å². The van der Waals surface area contributed by atoms with Crippen molar-refractivity contribution in [2.24, 2.45) is 0 Å². The van der Waals surface area contributed by atoms with Crippen molar-refractivity contribution in [3.8, 4) is 0 Å². The SMILES string of the molecule is CC(C)OCCn1c(N)nc2cc(Br)ccc21. The van der Waals surface area contributed by atoms with Gasteiger partial charge in [0.15, 0.2) is 0 Å². The quantitative estimate of drug-likeness (QED) is 0.944. The number of fused-ring (bicyclic) bond motifs is 1. The minimum Gasteiger partial charge on any atom is -0.377 e. The zero-order valence-electron chi connectivity index (χ0n) is 9.98. The number of hydrogen-bond acceptors (Lipinski definition) is 3. The summed E-state index contributed by atoms with van der Waals surface area (Å²) in [6, 6.07) is 5.97. The van der Waals surface area contributed by atoms with E-state index in [0.717, 1.165) is 22.1 Å². The molecule has 4 nitrogen and oxygen atoms in total. The summed E-state index contributed by atoms with van der Waals surface area (Å²) in [6.07, 6.45) is 0.236. The summed E-state index contributed by atoms with van der Waals surface area (Å²) in [6.45, 7) is 5.41. The molecule has 0 unspecified atom stereocenters. The third kappa shape index (κ3) is 2.79. The number of hydrogen-bond donors (Lipinski definition) is 1. The molecule has 0 saturated heterocycles. The molecule has 0 bridgehead atoms. The molecule has 0 aliphatic rings. The molecule has 1 aromatic heterocycles. The third-order valence-corrected chi connectivity index (χ3v) is 3.00. The molecule has 2 aromatic rings. The zero-order chi connectivity index (χ0) is 12.4. The van der Waals surface area contributed by atoms with Gasteiger partial charge in [-0.1, -0.05) is 15.9 Å². The van der Waals surface area contributed by atoms with Gasteiger partial charge < -0.3 is 15.0 Å². The Morgan fingerprint density at radius 1 is 1.47 bits per heavy atom. The predicted molar refractivity (Wildman–Crippen MR) is 72.9 cm³/mol. The molecule has 2 N–H and O–H groups in total. The van der Waals surface area contributed by atoms with Crippen LogP contribution in [0.4, 0.5) is 5.95 Å². The van der Waals surface area contributed by atoms with Crippen LogP contribution in [0.5, 0.6) is 0 Å². The maximum absolute atomic E-state index is 5.90. The van der Waals surface area contributed by atoms with Crippen LogP contribution in [0.25, 0.3) is 11.0 Å². The number of aromatic nitrogens is 2. The second-order valence-electron chi connectivity index (χ2n) is 4.17. The van der Waals surface area contributed by atoms with E-state index in [2.05, 4.69) is 20.9 Å². The molecule has 0 aliphatic carbocycles. The highest BCUT2D eigenvalue weighted by Crippen LogP contribution is 2.21. The van der Waals surface area contributed by atoms with Crippen LogP contribution >= 0.6 is 15.9 Å². The smallest absolute Gasteiger partial charge is 0.201 e. The van der Waals surface area contributed by atoms with Crippen molar-refractivity contribution >= 4 is 32.9 Å². The van der Waals surface area contributed by atoms with Crippen molar-refractivity contribution in [2.45, 2.75) is 26.5 Å². The number of rotatable bonds is 4. The Labute approximate surface area is 109 Å². The van der Waals surface area contributed by atoms with Crippen LogP contribution in [0.1, 0.15) is 13.8 Å². The number of anilines is 1. The molecular formula is C12H16BrN3O. The minimum atomic E-state index is 0.236. The Morgan fingerprint density at radius 2 is 2.24 bits per heavy atom. The molecule has 92 valence electrons. The van der Waals surface area contributed by atoms with Gasteiger partial charge in [0.25, 0.3) is 0 Å². The molecule has 0 amide bonds. The van der Waals surface area contributed by atoms with Gasteiger partial charge in [0.1, 0.15) is 0 Å². The average Bonchev–Trinajstić information content (AvgIpc) is 2.54. The number of ether oxygens (including phenoxy) is 1. The predicted octanol–water partition coefficient (Wildman–Crippen LogP) is 2.81. The van der Waals surface area contributed by atoms with Gasteiger partial charge in [-0.25, -0.2) is 4.98 Å².